The minimum Gasteiger partial charge on any atom is -0.493 e. The molecule has 1 unspecified atom stereocenters. The van der Waals surface area contributed by atoms with Crippen molar-refractivity contribution in [3.05, 3.63) is 28.3 Å². The predicted octanol–water partition coefficient (Wildman–Crippen LogP) is 2.80. The third-order valence-corrected chi connectivity index (χ3v) is 3.35. The number of benzene rings is 1. The van der Waals surface area contributed by atoms with E-state index in [1.54, 1.807) is 0 Å². The van der Waals surface area contributed by atoms with Crippen LogP contribution in [0.4, 0.5) is 0 Å². The van der Waals surface area contributed by atoms with Gasteiger partial charge in [0.05, 0.1) is 6.61 Å². The number of hydrogen-bond donors (Lipinski definition) is 1. The maximum atomic E-state index is 6.10. The molecule has 1 atom stereocenters. The molecule has 0 amide bonds. The molecule has 0 saturated heterocycles. The van der Waals surface area contributed by atoms with Crippen molar-refractivity contribution in [1.29, 1.82) is 0 Å². The summed E-state index contributed by atoms with van der Waals surface area (Å²) in [5.74, 6) is 1.62. The fourth-order valence-electron chi connectivity index (χ4n) is 2.05. The minimum atomic E-state index is 0.552. The second-order valence-corrected chi connectivity index (χ2v) is 4.97. The van der Waals surface area contributed by atoms with Crippen LogP contribution in [-0.4, -0.2) is 13.2 Å². The van der Waals surface area contributed by atoms with Crippen LogP contribution in [0.15, 0.2) is 12.1 Å². The van der Waals surface area contributed by atoms with Crippen molar-refractivity contribution in [2.45, 2.75) is 26.2 Å². The summed E-state index contributed by atoms with van der Waals surface area (Å²) in [7, 11) is 0. The molecule has 0 aromatic heterocycles. The molecule has 1 aliphatic heterocycles. The molecule has 16 heavy (non-hydrogen) atoms. The molecule has 0 radical (unpaired) electrons. The molecule has 1 heterocycles. The van der Waals surface area contributed by atoms with Gasteiger partial charge in [0, 0.05) is 11.4 Å². The third kappa shape index (κ3) is 2.50. The van der Waals surface area contributed by atoms with E-state index in [-0.39, 0.29) is 0 Å². The van der Waals surface area contributed by atoms with Crippen LogP contribution >= 0.6 is 11.6 Å². The highest BCUT2D eigenvalue weighted by atomic mass is 35.5. The zero-order valence-electron chi connectivity index (χ0n) is 9.63. The molecular weight excluding hydrogens is 222 g/mol. The van der Waals surface area contributed by atoms with Crippen molar-refractivity contribution in [3.8, 4) is 5.75 Å². The molecule has 1 aliphatic rings. The monoisotopic (exact) mass is 239 g/mol. The maximum absolute atomic E-state index is 6.10. The van der Waals surface area contributed by atoms with Crippen LogP contribution in [0, 0.1) is 5.92 Å². The molecule has 2 rings (SSSR count). The van der Waals surface area contributed by atoms with Gasteiger partial charge < -0.3 is 10.5 Å². The molecule has 0 aliphatic carbocycles. The highest BCUT2D eigenvalue weighted by Crippen LogP contribution is 2.33. The molecule has 88 valence electrons. The normalized spacial score (nSPS) is 15.7. The molecule has 2 nitrogen and oxygen atoms in total. The summed E-state index contributed by atoms with van der Waals surface area (Å²) in [6.07, 6.45) is 3.07. The lowest BCUT2D eigenvalue weighted by atomic mass is 9.99. The SMILES string of the molecule is CC(CN)CCc1cc(Cl)cc2c1OCC2. The van der Waals surface area contributed by atoms with Gasteiger partial charge in [0.25, 0.3) is 0 Å². The lowest BCUT2D eigenvalue weighted by Gasteiger charge is -2.11. The van der Waals surface area contributed by atoms with E-state index < -0.39 is 0 Å². The minimum absolute atomic E-state index is 0.552. The van der Waals surface area contributed by atoms with E-state index in [9.17, 15) is 0 Å². The van der Waals surface area contributed by atoms with Crippen LogP contribution in [0.25, 0.3) is 0 Å². The number of hydrogen-bond acceptors (Lipinski definition) is 2. The number of rotatable bonds is 4. The van der Waals surface area contributed by atoms with E-state index in [1.807, 2.05) is 12.1 Å². The first-order valence-electron chi connectivity index (χ1n) is 5.85. The molecule has 0 saturated carbocycles. The van der Waals surface area contributed by atoms with Crippen LogP contribution in [0.3, 0.4) is 0 Å². The van der Waals surface area contributed by atoms with Gasteiger partial charge in [-0.1, -0.05) is 18.5 Å². The van der Waals surface area contributed by atoms with E-state index >= 15 is 0 Å². The Morgan fingerprint density at radius 3 is 3.06 bits per heavy atom. The number of ether oxygens (including phenoxy) is 1. The Morgan fingerprint density at radius 2 is 2.31 bits per heavy atom. The number of halogens is 1. The zero-order chi connectivity index (χ0) is 11.5. The lowest BCUT2D eigenvalue weighted by molar-refractivity contribution is 0.352. The summed E-state index contributed by atoms with van der Waals surface area (Å²) in [4.78, 5) is 0. The van der Waals surface area contributed by atoms with Crippen molar-refractivity contribution in [2.75, 3.05) is 13.2 Å². The van der Waals surface area contributed by atoms with Gasteiger partial charge in [-0.05, 0) is 48.6 Å². The standard InChI is InChI=1S/C13H18ClNO/c1-9(8-15)2-3-10-6-12(14)7-11-4-5-16-13(10)11/h6-7,9H,2-5,8,15H2,1H3. The van der Waals surface area contributed by atoms with Crippen LogP contribution in [0.1, 0.15) is 24.5 Å². The first-order valence-corrected chi connectivity index (χ1v) is 6.22. The Balaban J connectivity index is 2.14. The molecule has 1 aromatic rings. The van der Waals surface area contributed by atoms with Gasteiger partial charge in [-0.2, -0.15) is 0 Å². The van der Waals surface area contributed by atoms with Crippen molar-refractivity contribution >= 4 is 11.6 Å². The number of nitrogens with two attached hydrogens (primary N) is 1. The Labute approximate surface area is 102 Å². The summed E-state index contributed by atoms with van der Waals surface area (Å²) >= 11 is 6.10. The average molecular weight is 240 g/mol. The van der Waals surface area contributed by atoms with Gasteiger partial charge >= 0.3 is 0 Å². The fraction of sp³-hybridized carbons (Fsp3) is 0.538. The zero-order valence-corrected chi connectivity index (χ0v) is 10.4. The summed E-state index contributed by atoms with van der Waals surface area (Å²) in [6, 6.07) is 4.04. The number of aryl methyl sites for hydroxylation is 1. The average Bonchev–Trinajstić information content (AvgIpc) is 2.73. The van der Waals surface area contributed by atoms with Gasteiger partial charge in [-0.25, -0.2) is 0 Å². The molecule has 0 fully saturated rings. The molecule has 2 N–H and O–H groups in total. The van der Waals surface area contributed by atoms with Crippen molar-refractivity contribution in [2.24, 2.45) is 11.7 Å². The van der Waals surface area contributed by atoms with Crippen LogP contribution < -0.4 is 10.5 Å². The largest absolute Gasteiger partial charge is 0.493 e. The number of fused-ring (bicyclic) bond motifs is 1. The highest BCUT2D eigenvalue weighted by molar-refractivity contribution is 6.30. The molecule has 0 spiro atoms. The fourth-order valence-corrected chi connectivity index (χ4v) is 2.31. The van der Waals surface area contributed by atoms with Crippen molar-refractivity contribution in [1.82, 2.24) is 0 Å². The van der Waals surface area contributed by atoms with Gasteiger partial charge in [0.1, 0.15) is 5.75 Å². The maximum Gasteiger partial charge on any atom is 0.125 e. The van der Waals surface area contributed by atoms with Crippen LogP contribution in [0.5, 0.6) is 5.75 Å². The van der Waals surface area contributed by atoms with Crippen LogP contribution in [0.2, 0.25) is 5.02 Å². The Bertz CT molecular complexity index is 378. The van der Waals surface area contributed by atoms with Crippen molar-refractivity contribution < 1.29 is 4.74 Å². The molecule has 3 heteroatoms. The van der Waals surface area contributed by atoms with Gasteiger partial charge in [-0.3, -0.25) is 0 Å². The first-order chi connectivity index (χ1) is 7.70. The second kappa shape index (κ2) is 5.07. The van der Waals surface area contributed by atoms with E-state index in [2.05, 4.69) is 6.92 Å². The third-order valence-electron chi connectivity index (χ3n) is 3.13. The highest BCUT2D eigenvalue weighted by Gasteiger charge is 2.17. The Morgan fingerprint density at radius 1 is 1.50 bits per heavy atom. The topological polar surface area (TPSA) is 35.2 Å². The quantitative estimate of drug-likeness (QED) is 0.877. The van der Waals surface area contributed by atoms with E-state index in [4.69, 9.17) is 22.1 Å². The lowest BCUT2D eigenvalue weighted by Crippen LogP contribution is -2.11. The van der Waals surface area contributed by atoms with E-state index in [1.165, 1.54) is 11.1 Å². The predicted molar refractivity (Wildman–Crippen MR) is 67.2 cm³/mol. The van der Waals surface area contributed by atoms with E-state index in [0.29, 0.717) is 5.92 Å². The first kappa shape index (κ1) is 11.7. The second-order valence-electron chi connectivity index (χ2n) is 4.53. The van der Waals surface area contributed by atoms with Crippen LogP contribution in [-0.2, 0) is 12.8 Å². The van der Waals surface area contributed by atoms with Gasteiger partial charge in [0.2, 0.25) is 0 Å². The van der Waals surface area contributed by atoms with Crippen molar-refractivity contribution in [3.63, 3.8) is 0 Å². The molecular formula is C13H18ClNO. The Kier molecular flexibility index (Phi) is 3.72. The summed E-state index contributed by atoms with van der Waals surface area (Å²) in [5.41, 5.74) is 8.11. The molecule has 0 bridgehead atoms. The van der Waals surface area contributed by atoms with E-state index in [0.717, 1.165) is 43.2 Å². The smallest absolute Gasteiger partial charge is 0.125 e. The summed E-state index contributed by atoms with van der Waals surface area (Å²) in [6.45, 7) is 3.70. The summed E-state index contributed by atoms with van der Waals surface area (Å²) in [5, 5.41) is 0.819. The summed E-state index contributed by atoms with van der Waals surface area (Å²) < 4.78 is 5.66. The Hall–Kier alpha value is -0.730. The molecule has 1 aromatic carbocycles. The van der Waals surface area contributed by atoms with Gasteiger partial charge in [-0.15, -0.1) is 0 Å². The van der Waals surface area contributed by atoms with Gasteiger partial charge in [0.15, 0.2) is 0 Å².